The van der Waals surface area contributed by atoms with Crippen LogP contribution in [0.15, 0.2) is 108 Å². The molecule has 2 aromatic heterocycles. The molecule has 2 aliphatic rings. The van der Waals surface area contributed by atoms with E-state index < -0.39 is 36.0 Å². The highest BCUT2D eigenvalue weighted by atomic mass is 35.5. The highest BCUT2D eigenvalue weighted by Gasteiger charge is 2.39. The number of carboxylic acid groups (broad SMARTS) is 1. The number of nitrogens with one attached hydrogen (secondary N) is 1. The molecule has 8 rings (SSSR count). The minimum atomic E-state index is -1.26. The Morgan fingerprint density at radius 2 is 1.68 bits per heavy atom. The molecule has 59 heavy (non-hydrogen) atoms. The van der Waals surface area contributed by atoms with Gasteiger partial charge >= 0.3 is 5.97 Å². The van der Waals surface area contributed by atoms with E-state index in [2.05, 4.69) is 15.3 Å². The monoisotopic (exact) mass is 832 g/mol. The van der Waals surface area contributed by atoms with Crippen molar-refractivity contribution in [1.82, 2.24) is 20.2 Å². The maximum absolute atomic E-state index is 14.1. The van der Waals surface area contributed by atoms with E-state index in [1.54, 1.807) is 18.3 Å². The van der Waals surface area contributed by atoms with Gasteiger partial charge in [-0.15, -0.1) is 0 Å². The molecule has 0 bridgehead atoms. The van der Waals surface area contributed by atoms with Gasteiger partial charge in [-0.1, -0.05) is 65.7 Å². The number of oxazole rings is 1. The highest BCUT2D eigenvalue weighted by molar-refractivity contribution is 6.42. The molecule has 14 heteroatoms. The van der Waals surface area contributed by atoms with Gasteiger partial charge in [0.25, 0.3) is 5.91 Å². The lowest BCUT2D eigenvalue weighted by atomic mass is 9.91. The van der Waals surface area contributed by atoms with Crippen LogP contribution >= 0.6 is 23.2 Å². The molecule has 3 atom stereocenters. The summed E-state index contributed by atoms with van der Waals surface area (Å²) in [4.78, 5) is 50.2. The van der Waals surface area contributed by atoms with Crippen molar-refractivity contribution in [2.24, 2.45) is 0 Å². The van der Waals surface area contributed by atoms with Crippen LogP contribution in [0.3, 0.4) is 0 Å². The standard InChI is InChI=1S/C45H38Cl2N4O8/c1-25-26(2)48-14-13-34(25)29-6-3-27(4-7-29)16-37(45(54)55)50-43(52)39-17-31-18-40-41(19-32(31)20-51(39)44(53)38-22-56-24-49-38)59-42(23-58-40)30-8-10-33(11-9-30)57-21-28-5-12-35(46)36(47)15-28/h3-15,18-19,22,24,37,39,42H,16-17,20-21,23H2,1-2H3,(H,50,52)(H,54,55)/t37?,39-,42+/m0/s1. The van der Waals surface area contributed by atoms with E-state index in [0.717, 1.165) is 56.6 Å². The number of aryl methyl sites for hydroxylation is 1. The van der Waals surface area contributed by atoms with Crippen LogP contribution in [0.1, 0.15) is 55.7 Å². The number of rotatable bonds is 11. The minimum absolute atomic E-state index is 0.0164. The number of carboxylic acids is 1. The number of carbonyl (C=O) groups is 3. The number of carbonyl (C=O) groups excluding carboxylic acids is 2. The first-order valence-corrected chi connectivity index (χ1v) is 19.6. The molecule has 1 unspecified atom stereocenters. The van der Waals surface area contributed by atoms with Gasteiger partial charge < -0.3 is 34.0 Å². The summed E-state index contributed by atoms with van der Waals surface area (Å²) in [6.45, 7) is 4.54. The summed E-state index contributed by atoms with van der Waals surface area (Å²) in [7, 11) is 0. The third-order valence-corrected chi connectivity index (χ3v) is 11.4. The summed E-state index contributed by atoms with van der Waals surface area (Å²) < 4.78 is 23.6. The number of amides is 2. The Morgan fingerprint density at radius 3 is 2.41 bits per heavy atom. The zero-order valence-electron chi connectivity index (χ0n) is 32.0. The Balaban J connectivity index is 0.970. The number of pyridine rings is 1. The lowest BCUT2D eigenvalue weighted by Crippen LogP contribution is -2.56. The third-order valence-electron chi connectivity index (χ3n) is 10.7. The molecular weight excluding hydrogens is 795 g/mol. The molecule has 2 N–H and O–H groups in total. The molecule has 0 saturated heterocycles. The van der Waals surface area contributed by atoms with E-state index in [-0.39, 0.29) is 31.7 Å². The van der Waals surface area contributed by atoms with Crippen LogP contribution in [0.5, 0.6) is 17.2 Å². The minimum Gasteiger partial charge on any atom is -0.489 e. The molecule has 4 heterocycles. The van der Waals surface area contributed by atoms with Crippen LogP contribution in [0, 0.1) is 13.8 Å². The molecule has 6 aromatic rings. The molecule has 0 radical (unpaired) electrons. The van der Waals surface area contributed by atoms with Crippen molar-refractivity contribution >= 4 is 41.0 Å². The van der Waals surface area contributed by atoms with Crippen molar-refractivity contribution in [3.05, 3.63) is 159 Å². The van der Waals surface area contributed by atoms with Crippen LogP contribution in [-0.2, 0) is 35.6 Å². The van der Waals surface area contributed by atoms with E-state index in [1.807, 2.05) is 86.6 Å². The summed E-state index contributed by atoms with van der Waals surface area (Å²) in [5.74, 6) is -0.698. The number of aromatic nitrogens is 2. The third kappa shape index (κ3) is 8.60. The van der Waals surface area contributed by atoms with E-state index in [4.69, 9.17) is 41.8 Å². The predicted molar refractivity (Wildman–Crippen MR) is 219 cm³/mol. The number of benzene rings is 4. The predicted octanol–water partition coefficient (Wildman–Crippen LogP) is 8.13. The number of ether oxygens (including phenoxy) is 3. The summed E-state index contributed by atoms with van der Waals surface area (Å²) >= 11 is 12.2. The first-order valence-electron chi connectivity index (χ1n) is 18.9. The van der Waals surface area contributed by atoms with Crippen LogP contribution in [-0.4, -0.2) is 56.4 Å². The first-order chi connectivity index (χ1) is 28.5. The highest BCUT2D eigenvalue weighted by Crippen LogP contribution is 2.41. The Labute approximate surface area is 349 Å². The summed E-state index contributed by atoms with van der Waals surface area (Å²) in [6.07, 6.45) is 3.81. The van der Waals surface area contributed by atoms with E-state index in [1.165, 1.54) is 11.2 Å². The van der Waals surface area contributed by atoms with Gasteiger partial charge in [-0.05, 0) is 101 Å². The molecule has 12 nitrogen and oxygen atoms in total. The van der Waals surface area contributed by atoms with Gasteiger partial charge in [-0.25, -0.2) is 9.78 Å². The number of hydrogen-bond donors (Lipinski definition) is 2. The lowest BCUT2D eigenvalue weighted by molar-refractivity contribution is -0.142. The van der Waals surface area contributed by atoms with Crippen molar-refractivity contribution < 1.29 is 38.1 Å². The van der Waals surface area contributed by atoms with Gasteiger partial charge in [0.2, 0.25) is 5.91 Å². The van der Waals surface area contributed by atoms with Crippen LogP contribution < -0.4 is 19.5 Å². The Hall–Kier alpha value is -6.37. The molecule has 0 spiro atoms. The Bertz CT molecular complexity index is 2530. The number of halogens is 2. The van der Waals surface area contributed by atoms with Gasteiger partial charge in [0.15, 0.2) is 29.7 Å². The van der Waals surface area contributed by atoms with Crippen molar-refractivity contribution in [2.45, 2.75) is 58.0 Å². The summed E-state index contributed by atoms with van der Waals surface area (Å²) in [6, 6.07) is 23.7. The number of nitrogens with zero attached hydrogens (tertiary/aromatic N) is 3. The molecule has 300 valence electrons. The molecule has 0 aliphatic carbocycles. The van der Waals surface area contributed by atoms with Gasteiger partial charge in [0.05, 0.1) is 10.0 Å². The van der Waals surface area contributed by atoms with Gasteiger partial charge in [0, 0.05) is 31.3 Å². The molecule has 0 saturated carbocycles. The van der Waals surface area contributed by atoms with Crippen LogP contribution in [0.2, 0.25) is 10.0 Å². The fourth-order valence-corrected chi connectivity index (χ4v) is 7.60. The Kier molecular flexibility index (Phi) is 11.3. The molecule has 4 aromatic carbocycles. The van der Waals surface area contributed by atoms with Gasteiger partial charge in [0.1, 0.15) is 37.3 Å². The SMILES string of the molecule is Cc1nccc(-c2ccc(CC(NC(=O)[C@@H]3Cc4cc5c(cc4CN3C(=O)c3cocn3)O[C@@H](c3ccc(OCc4ccc(Cl)c(Cl)c4)cc3)CO5)C(=O)O)cc2)c1C. The second-order valence-electron chi connectivity index (χ2n) is 14.5. The second kappa shape index (κ2) is 16.8. The first kappa shape index (κ1) is 39.5. The average Bonchev–Trinajstić information content (AvgIpc) is 3.79. The van der Waals surface area contributed by atoms with Crippen LogP contribution in [0.4, 0.5) is 0 Å². The molecule has 2 amide bonds. The fraction of sp³-hybridized carbons (Fsp3) is 0.222. The van der Waals surface area contributed by atoms with Crippen molar-refractivity contribution in [1.29, 1.82) is 0 Å². The average molecular weight is 834 g/mol. The summed E-state index contributed by atoms with van der Waals surface area (Å²) in [5, 5.41) is 13.9. The zero-order valence-corrected chi connectivity index (χ0v) is 33.5. The Morgan fingerprint density at radius 1 is 0.915 bits per heavy atom. The largest absolute Gasteiger partial charge is 0.489 e. The van der Waals surface area contributed by atoms with E-state index in [9.17, 15) is 19.5 Å². The molecular formula is C45H38Cl2N4O8. The second-order valence-corrected chi connectivity index (χ2v) is 15.3. The zero-order chi connectivity index (χ0) is 41.2. The summed E-state index contributed by atoms with van der Waals surface area (Å²) in [5.41, 5.74) is 8.01. The van der Waals surface area contributed by atoms with Gasteiger partial charge in [-0.2, -0.15) is 0 Å². The number of fused-ring (bicyclic) bond motifs is 2. The van der Waals surface area contributed by atoms with E-state index in [0.29, 0.717) is 33.9 Å². The quantitative estimate of drug-likeness (QED) is 0.131. The molecule has 0 fully saturated rings. The smallest absolute Gasteiger partial charge is 0.326 e. The normalized spacial score (nSPS) is 16.2. The van der Waals surface area contributed by atoms with Crippen LogP contribution in [0.25, 0.3) is 11.1 Å². The van der Waals surface area contributed by atoms with Gasteiger partial charge in [-0.3, -0.25) is 14.6 Å². The maximum atomic E-state index is 14.1. The van der Waals surface area contributed by atoms with Crippen molar-refractivity contribution in [3.8, 4) is 28.4 Å². The van der Waals surface area contributed by atoms with Crippen molar-refractivity contribution in [3.63, 3.8) is 0 Å². The number of aliphatic carboxylic acids is 1. The maximum Gasteiger partial charge on any atom is 0.326 e. The fourth-order valence-electron chi connectivity index (χ4n) is 7.28. The number of hydrogen-bond acceptors (Lipinski definition) is 9. The van der Waals surface area contributed by atoms with Crippen molar-refractivity contribution in [2.75, 3.05) is 6.61 Å². The topological polar surface area (TPSA) is 153 Å². The molecule has 2 aliphatic heterocycles. The lowest BCUT2D eigenvalue weighted by Gasteiger charge is -2.37. The van der Waals surface area contributed by atoms with E-state index >= 15 is 0 Å².